The van der Waals surface area contributed by atoms with Crippen LogP contribution in [0.25, 0.3) is 0 Å². The molecule has 0 aliphatic rings. The summed E-state index contributed by atoms with van der Waals surface area (Å²) in [7, 11) is 0. The number of hydrogen-bond donors (Lipinski definition) is 0. The minimum Gasteiger partial charge on any atom is -0.226 e. The van der Waals surface area contributed by atoms with Gasteiger partial charge in [-0.15, -0.1) is 0 Å². The Morgan fingerprint density at radius 3 is 2.82 bits per heavy atom. The van der Waals surface area contributed by atoms with Gasteiger partial charge < -0.3 is 0 Å². The molecule has 0 aliphatic heterocycles. The van der Waals surface area contributed by atoms with Gasteiger partial charge in [-0.3, -0.25) is 0 Å². The molecular formula is C6H3Cl2N3. The average molecular weight is 188 g/mol. The van der Waals surface area contributed by atoms with Crippen LogP contribution in [0.5, 0.6) is 0 Å². The maximum absolute atomic E-state index is 8.32. The van der Waals surface area contributed by atoms with Gasteiger partial charge in [0.1, 0.15) is 5.15 Å². The highest BCUT2D eigenvalue weighted by atomic mass is 35.5. The van der Waals surface area contributed by atoms with E-state index < -0.39 is 0 Å². The van der Waals surface area contributed by atoms with Crippen molar-refractivity contribution in [2.75, 3.05) is 0 Å². The zero-order chi connectivity index (χ0) is 8.27. The van der Waals surface area contributed by atoms with Crippen molar-refractivity contribution in [2.45, 2.75) is 6.42 Å². The first-order valence-electron chi connectivity index (χ1n) is 2.78. The van der Waals surface area contributed by atoms with E-state index in [1.54, 1.807) is 0 Å². The van der Waals surface area contributed by atoms with Gasteiger partial charge in [0.15, 0.2) is 0 Å². The van der Waals surface area contributed by atoms with Crippen molar-refractivity contribution < 1.29 is 0 Å². The number of nitriles is 1. The summed E-state index contributed by atoms with van der Waals surface area (Å²) in [6.45, 7) is 0. The molecule has 0 atom stereocenters. The van der Waals surface area contributed by atoms with Crippen molar-refractivity contribution in [2.24, 2.45) is 0 Å². The third-order valence-electron chi connectivity index (χ3n) is 1.05. The molecular weight excluding hydrogens is 185 g/mol. The Labute approximate surface area is 73.6 Å². The fraction of sp³-hybridized carbons (Fsp3) is 0.167. The van der Waals surface area contributed by atoms with Crippen LogP contribution in [-0.2, 0) is 6.42 Å². The number of nitrogens with zero attached hydrogens (tertiary/aromatic N) is 3. The molecule has 11 heavy (non-hydrogen) atoms. The van der Waals surface area contributed by atoms with Crippen LogP contribution in [0.4, 0.5) is 0 Å². The highest BCUT2D eigenvalue weighted by Crippen LogP contribution is 2.13. The molecule has 0 aromatic carbocycles. The van der Waals surface area contributed by atoms with Crippen LogP contribution in [-0.4, -0.2) is 9.97 Å². The van der Waals surface area contributed by atoms with Crippen LogP contribution in [0.1, 0.15) is 5.56 Å². The first-order chi connectivity index (χ1) is 5.24. The Morgan fingerprint density at radius 1 is 1.55 bits per heavy atom. The number of aromatic nitrogens is 2. The molecule has 0 radical (unpaired) electrons. The third-order valence-corrected chi connectivity index (χ3v) is 1.56. The van der Waals surface area contributed by atoms with Crippen LogP contribution in [0.3, 0.4) is 0 Å². The van der Waals surface area contributed by atoms with Gasteiger partial charge in [-0.25, -0.2) is 9.97 Å². The van der Waals surface area contributed by atoms with E-state index in [4.69, 9.17) is 28.5 Å². The normalized spacial score (nSPS) is 9.18. The highest BCUT2D eigenvalue weighted by molar-refractivity contribution is 6.32. The minimum absolute atomic E-state index is 0.0942. The van der Waals surface area contributed by atoms with E-state index >= 15 is 0 Å². The van der Waals surface area contributed by atoms with E-state index in [1.165, 1.54) is 6.20 Å². The van der Waals surface area contributed by atoms with Crippen LogP contribution in [0.15, 0.2) is 6.20 Å². The topological polar surface area (TPSA) is 49.6 Å². The highest BCUT2D eigenvalue weighted by Gasteiger charge is 2.01. The van der Waals surface area contributed by atoms with Crippen molar-refractivity contribution in [3.8, 4) is 6.07 Å². The van der Waals surface area contributed by atoms with Gasteiger partial charge in [0, 0.05) is 11.8 Å². The van der Waals surface area contributed by atoms with Crippen LogP contribution in [0.2, 0.25) is 10.4 Å². The van der Waals surface area contributed by atoms with Crippen LogP contribution >= 0.6 is 23.2 Å². The predicted octanol–water partition coefficient (Wildman–Crippen LogP) is 1.85. The van der Waals surface area contributed by atoms with Crippen LogP contribution < -0.4 is 0 Å². The van der Waals surface area contributed by atoms with Crippen molar-refractivity contribution in [3.05, 3.63) is 22.2 Å². The largest absolute Gasteiger partial charge is 0.226 e. The van der Waals surface area contributed by atoms with E-state index in [0.29, 0.717) is 5.56 Å². The van der Waals surface area contributed by atoms with E-state index in [1.807, 2.05) is 6.07 Å². The molecule has 5 heteroatoms. The van der Waals surface area contributed by atoms with Gasteiger partial charge in [0.25, 0.3) is 0 Å². The summed E-state index contributed by atoms with van der Waals surface area (Å²) in [6.07, 6.45) is 1.65. The molecule has 0 bridgehead atoms. The summed E-state index contributed by atoms with van der Waals surface area (Å²) in [6, 6.07) is 1.94. The molecule has 0 spiro atoms. The lowest BCUT2D eigenvalue weighted by molar-refractivity contribution is 1.09. The Bertz CT molecular complexity index is 305. The standard InChI is InChI=1S/C6H3Cl2N3/c7-5-4(1-2-9)3-10-6(8)11-5/h3H,1H2. The Hall–Kier alpha value is -0.850. The number of hydrogen-bond acceptors (Lipinski definition) is 3. The minimum atomic E-state index is 0.0942. The second-order valence-corrected chi connectivity index (χ2v) is 2.49. The lowest BCUT2D eigenvalue weighted by atomic mass is 10.3. The summed E-state index contributed by atoms with van der Waals surface area (Å²) in [5.74, 6) is 0. The molecule has 1 rings (SSSR count). The molecule has 1 heterocycles. The molecule has 56 valence electrons. The molecule has 0 fully saturated rings. The summed E-state index contributed by atoms with van der Waals surface area (Å²) in [5, 5.41) is 8.65. The quantitative estimate of drug-likeness (QED) is 0.499. The molecule has 1 aromatic rings. The molecule has 1 aromatic heterocycles. The molecule has 0 amide bonds. The molecule has 0 saturated carbocycles. The van der Waals surface area contributed by atoms with Gasteiger partial charge in [-0.2, -0.15) is 5.26 Å². The predicted molar refractivity (Wildman–Crippen MR) is 41.4 cm³/mol. The number of rotatable bonds is 1. The Balaban J connectivity index is 3.01. The lowest BCUT2D eigenvalue weighted by Crippen LogP contribution is -1.90. The van der Waals surface area contributed by atoms with Gasteiger partial charge in [-0.05, 0) is 11.6 Å². The van der Waals surface area contributed by atoms with Crippen molar-refractivity contribution in [3.63, 3.8) is 0 Å². The molecule has 0 saturated heterocycles. The summed E-state index contributed by atoms with van der Waals surface area (Å²) in [4.78, 5) is 7.34. The van der Waals surface area contributed by atoms with E-state index in [0.717, 1.165) is 0 Å². The van der Waals surface area contributed by atoms with E-state index in [-0.39, 0.29) is 16.9 Å². The summed E-state index contributed by atoms with van der Waals surface area (Å²) in [5.41, 5.74) is 0.596. The first kappa shape index (κ1) is 8.25. The van der Waals surface area contributed by atoms with Crippen molar-refractivity contribution in [1.82, 2.24) is 9.97 Å². The fourth-order valence-electron chi connectivity index (χ4n) is 0.570. The van der Waals surface area contributed by atoms with E-state index in [2.05, 4.69) is 9.97 Å². The maximum Gasteiger partial charge on any atom is 0.223 e. The van der Waals surface area contributed by atoms with Crippen molar-refractivity contribution >= 4 is 23.2 Å². The van der Waals surface area contributed by atoms with E-state index in [9.17, 15) is 0 Å². The van der Waals surface area contributed by atoms with Crippen molar-refractivity contribution in [1.29, 1.82) is 5.26 Å². The number of halogens is 2. The Kier molecular flexibility index (Phi) is 2.64. The summed E-state index contributed by atoms with van der Waals surface area (Å²) < 4.78 is 0. The van der Waals surface area contributed by atoms with Gasteiger partial charge in [0.2, 0.25) is 5.28 Å². The maximum atomic E-state index is 8.32. The van der Waals surface area contributed by atoms with Gasteiger partial charge >= 0.3 is 0 Å². The molecule has 0 aliphatic carbocycles. The lowest BCUT2D eigenvalue weighted by Gasteiger charge is -1.95. The van der Waals surface area contributed by atoms with Gasteiger partial charge in [-0.1, -0.05) is 11.6 Å². The SMILES string of the molecule is N#CCc1cnc(Cl)nc1Cl. The molecule has 0 unspecified atom stereocenters. The first-order valence-corrected chi connectivity index (χ1v) is 3.53. The fourth-order valence-corrected chi connectivity index (χ4v) is 0.942. The Morgan fingerprint density at radius 2 is 2.27 bits per heavy atom. The zero-order valence-corrected chi connectivity index (χ0v) is 6.89. The molecule has 0 N–H and O–H groups in total. The smallest absolute Gasteiger partial charge is 0.223 e. The second kappa shape index (κ2) is 3.51. The zero-order valence-electron chi connectivity index (χ0n) is 5.38. The monoisotopic (exact) mass is 187 g/mol. The van der Waals surface area contributed by atoms with Gasteiger partial charge in [0.05, 0.1) is 12.5 Å². The second-order valence-electron chi connectivity index (χ2n) is 1.79. The average Bonchev–Trinajstić information content (AvgIpc) is 1.95. The summed E-state index contributed by atoms with van der Waals surface area (Å²) >= 11 is 11.0. The third kappa shape index (κ3) is 2.04. The molecule has 3 nitrogen and oxygen atoms in total. The van der Waals surface area contributed by atoms with Crippen LogP contribution in [0, 0.1) is 11.3 Å².